The fourth-order valence-corrected chi connectivity index (χ4v) is 4.74. The van der Waals surface area contributed by atoms with Gasteiger partial charge in [-0.3, -0.25) is 0 Å². The second-order valence-corrected chi connectivity index (χ2v) is 6.50. The quantitative estimate of drug-likeness (QED) is 0.478. The second-order valence-electron chi connectivity index (χ2n) is 6.50. The summed E-state index contributed by atoms with van der Waals surface area (Å²) in [5.41, 5.74) is 11.8. The van der Waals surface area contributed by atoms with Gasteiger partial charge in [-0.05, 0) is 44.5 Å². The number of allylic oxidation sites excluding steroid dienone is 2. The van der Waals surface area contributed by atoms with Crippen molar-refractivity contribution < 1.29 is 0 Å². The lowest BCUT2D eigenvalue weighted by atomic mass is 9.81. The lowest BCUT2D eigenvalue weighted by Crippen LogP contribution is -2.06. The summed E-state index contributed by atoms with van der Waals surface area (Å²) in [4.78, 5) is 0. The van der Waals surface area contributed by atoms with E-state index in [0.29, 0.717) is 11.8 Å². The van der Waals surface area contributed by atoms with Crippen LogP contribution >= 0.6 is 0 Å². The van der Waals surface area contributed by atoms with Gasteiger partial charge in [0.25, 0.3) is 0 Å². The Morgan fingerprint density at radius 2 is 0.909 bits per heavy atom. The van der Waals surface area contributed by atoms with Gasteiger partial charge in [-0.1, -0.05) is 72.8 Å². The van der Waals surface area contributed by atoms with Gasteiger partial charge in [0, 0.05) is 11.8 Å². The van der Waals surface area contributed by atoms with Crippen LogP contribution in [-0.2, 0) is 0 Å². The van der Waals surface area contributed by atoms with E-state index in [1.807, 2.05) is 0 Å². The summed E-state index contributed by atoms with van der Waals surface area (Å²) < 4.78 is 0. The Hall–Kier alpha value is -2.60. The van der Waals surface area contributed by atoms with Gasteiger partial charge in [-0.25, -0.2) is 0 Å². The van der Waals surface area contributed by atoms with E-state index >= 15 is 0 Å². The van der Waals surface area contributed by atoms with Crippen LogP contribution in [0.25, 0.3) is 22.3 Å². The first-order valence-electron chi connectivity index (χ1n) is 7.97. The van der Waals surface area contributed by atoms with E-state index in [2.05, 4.69) is 72.8 Å². The van der Waals surface area contributed by atoms with Crippen LogP contribution in [0.4, 0.5) is 0 Å². The predicted octanol–water partition coefficient (Wildman–Crippen LogP) is 5.48. The first-order chi connectivity index (χ1) is 10.9. The normalized spacial score (nSPS) is 21.5. The first-order valence-corrected chi connectivity index (χ1v) is 7.97. The zero-order valence-electron chi connectivity index (χ0n) is 12.1. The van der Waals surface area contributed by atoms with Gasteiger partial charge < -0.3 is 0 Å². The Balaban J connectivity index is 1.76. The number of benzene rings is 3. The van der Waals surface area contributed by atoms with Crippen LogP contribution in [-0.4, -0.2) is 0 Å². The third-order valence-corrected chi connectivity index (χ3v) is 5.58. The molecule has 0 amide bonds. The number of hydrogen-bond acceptors (Lipinski definition) is 0. The van der Waals surface area contributed by atoms with Gasteiger partial charge in [-0.2, -0.15) is 0 Å². The maximum Gasteiger partial charge on any atom is 0.0285 e. The molecule has 2 atom stereocenters. The monoisotopic (exact) mass is 278 g/mol. The molecular weight excluding hydrogens is 264 g/mol. The predicted molar refractivity (Wildman–Crippen MR) is 90.1 cm³/mol. The lowest BCUT2D eigenvalue weighted by molar-refractivity contribution is 0.930. The van der Waals surface area contributed by atoms with Crippen molar-refractivity contribution >= 4 is 0 Å². The number of hydrogen-bond donors (Lipinski definition) is 0. The molecule has 3 aliphatic rings. The minimum Gasteiger partial charge on any atom is -0.0757 e. The molecule has 3 aromatic carbocycles. The van der Waals surface area contributed by atoms with E-state index < -0.39 is 0 Å². The molecule has 22 heavy (non-hydrogen) atoms. The Labute approximate surface area is 129 Å². The zero-order chi connectivity index (χ0) is 14.3. The molecule has 0 radical (unpaired) electrons. The minimum atomic E-state index is 0.451. The van der Waals surface area contributed by atoms with Gasteiger partial charge in [0.2, 0.25) is 0 Å². The summed E-state index contributed by atoms with van der Waals surface area (Å²) in [6.45, 7) is 0. The molecule has 0 aromatic heterocycles. The van der Waals surface area contributed by atoms with Crippen molar-refractivity contribution in [1.29, 1.82) is 0 Å². The molecule has 0 fully saturated rings. The number of rotatable bonds is 0. The second kappa shape index (κ2) is 3.59. The van der Waals surface area contributed by atoms with E-state index in [4.69, 9.17) is 0 Å². The van der Waals surface area contributed by atoms with Gasteiger partial charge >= 0.3 is 0 Å². The van der Waals surface area contributed by atoms with E-state index in [9.17, 15) is 0 Å². The summed E-state index contributed by atoms with van der Waals surface area (Å²) in [6, 6.07) is 22.5. The van der Waals surface area contributed by atoms with Crippen LogP contribution < -0.4 is 0 Å². The van der Waals surface area contributed by atoms with E-state index in [1.54, 1.807) is 11.1 Å². The topological polar surface area (TPSA) is 0 Å². The van der Waals surface area contributed by atoms with Crippen LogP contribution in [0.3, 0.4) is 0 Å². The van der Waals surface area contributed by atoms with Crippen LogP contribution in [0, 0.1) is 0 Å². The summed E-state index contributed by atoms with van der Waals surface area (Å²) >= 11 is 0. The fourth-order valence-electron chi connectivity index (χ4n) is 4.74. The minimum absolute atomic E-state index is 0.451. The summed E-state index contributed by atoms with van der Waals surface area (Å²) in [6.07, 6.45) is 4.85. The molecule has 0 spiro atoms. The van der Waals surface area contributed by atoms with E-state index in [1.165, 1.54) is 33.4 Å². The summed E-state index contributed by atoms with van der Waals surface area (Å²) in [5.74, 6) is 0.901. The van der Waals surface area contributed by atoms with Crippen molar-refractivity contribution in [3.63, 3.8) is 0 Å². The lowest BCUT2D eigenvalue weighted by Gasteiger charge is -2.22. The molecule has 0 N–H and O–H groups in total. The average Bonchev–Trinajstić information content (AvgIpc) is 3.08. The maximum absolute atomic E-state index is 2.42. The molecule has 6 rings (SSSR count). The van der Waals surface area contributed by atoms with E-state index in [0.717, 1.165) is 0 Å². The highest BCUT2D eigenvalue weighted by Gasteiger charge is 2.39. The van der Waals surface area contributed by atoms with Gasteiger partial charge in [0.1, 0.15) is 0 Å². The van der Waals surface area contributed by atoms with Crippen LogP contribution in [0.1, 0.15) is 34.1 Å². The molecule has 3 aromatic rings. The summed E-state index contributed by atoms with van der Waals surface area (Å²) in [5, 5.41) is 0. The molecule has 0 saturated carbocycles. The fraction of sp³-hybridized carbons (Fsp3) is 0.0909. The Morgan fingerprint density at radius 1 is 0.455 bits per heavy atom. The van der Waals surface area contributed by atoms with Crippen LogP contribution in [0.15, 0.2) is 72.8 Å². The molecule has 0 unspecified atom stereocenters. The van der Waals surface area contributed by atoms with Gasteiger partial charge in [-0.15, -0.1) is 0 Å². The van der Waals surface area contributed by atoms with Crippen LogP contribution in [0.5, 0.6) is 0 Å². The molecule has 0 aliphatic heterocycles. The first kappa shape index (κ1) is 11.0. The van der Waals surface area contributed by atoms with Crippen molar-refractivity contribution in [2.24, 2.45) is 0 Å². The highest BCUT2D eigenvalue weighted by Crippen LogP contribution is 2.58. The van der Waals surface area contributed by atoms with Crippen molar-refractivity contribution in [3.8, 4) is 22.3 Å². The third-order valence-electron chi connectivity index (χ3n) is 5.58. The standard InChI is InChI=1S/C22H14/c1-2-6-14-13(5-1)17-9-10-19-15-7-3-4-8-16(15)20-12-11-18(14)21(17)22(19)20/h1-12,17,19H/t17-,19+. The van der Waals surface area contributed by atoms with Crippen LogP contribution in [0.2, 0.25) is 0 Å². The zero-order valence-corrected chi connectivity index (χ0v) is 12.1. The van der Waals surface area contributed by atoms with Crippen molar-refractivity contribution in [2.45, 2.75) is 11.8 Å². The molecule has 0 nitrogen and oxygen atoms in total. The maximum atomic E-state index is 2.42. The largest absolute Gasteiger partial charge is 0.0757 e. The van der Waals surface area contributed by atoms with Crippen molar-refractivity contribution in [3.05, 3.63) is 95.1 Å². The highest BCUT2D eigenvalue weighted by atomic mass is 14.4. The molecule has 3 aliphatic carbocycles. The molecular formula is C22H14. The SMILES string of the molecule is C1=C[C@H]2c3ccccc3-c3ccc4c(c32)[C@H]1c1ccccc1-4. The Kier molecular flexibility index (Phi) is 1.80. The molecule has 0 bridgehead atoms. The molecule has 0 heterocycles. The summed E-state index contributed by atoms with van der Waals surface area (Å²) in [7, 11) is 0. The Bertz CT molecular complexity index is 910. The molecule has 0 saturated heterocycles. The smallest absolute Gasteiger partial charge is 0.0285 e. The Morgan fingerprint density at radius 3 is 1.41 bits per heavy atom. The average molecular weight is 278 g/mol. The van der Waals surface area contributed by atoms with Gasteiger partial charge in [0.15, 0.2) is 0 Å². The van der Waals surface area contributed by atoms with E-state index in [-0.39, 0.29) is 0 Å². The molecule has 102 valence electrons. The molecule has 0 heteroatoms. The highest BCUT2D eigenvalue weighted by molar-refractivity contribution is 5.91. The number of fused-ring (bicyclic) bond motifs is 6. The van der Waals surface area contributed by atoms with Gasteiger partial charge in [0.05, 0.1) is 0 Å². The third kappa shape index (κ3) is 1.09. The van der Waals surface area contributed by atoms with Crippen molar-refractivity contribution in [1.82, 2.24) is 0 Å². The van der Waals surface area contributed by atoms with Crippen molar-refractivity contribution in [2.75, 3.05) is 0 Å².